The number of hydrogen-bond acceptors (Lipinski definition) is 3. The Labute approximate surface area is 194 Å². The van der Waals surface area contributed by atoms with Crippen LogP contribution in [0.3, 0.4) is 0 Å². The fraction of sp³-hybridized carbons (Fsp3) is 0.160. The second-order valence-corrected chi connectivity index (χ2v) is 8.77. The summed E-state index contributed by atoms with van der Waals surface area (Å²) in [6.07, 6.45) is 0. The zero-order valence-corrected chi connectivity index (χ0v) is 19.5. The minimum atomic E-state index is -0.413. The molecule has 5 nitrogen and oxygen atoms in total. The van der Waals surface area contributed by atoms with Gasteiger partial charge in [0.25, 0.3) is 5.91 Å². The number of hydrogen-bond donors (Lipinski definition) is 1. The summed E-state index contributed by atoms with van der Waals surface area (Å²) in [7, 11) is 0. The van der Waals surface area contributed by atoms with Crippen LogP contribution in [0.1, 0.15) is 41.5 Å². The van der Waals surface area contributed by atoms with Gasteiger partial charge in [-0.1, -0.05) is 53.5 Å². The standard InChI is InChI=1S/C25H22BrFN4O/c1-15(2)21-14-18(26)7-12-22(21)28-25(32)23-29-24(17-6-4-5-16(3)13-17)31(30-23)20-10-8-19(27)9-11-20/h4-15H,1-3H3,(H,28,32). The van der Waals surface area contributed by atoms with Gasteiger partial charge in [0, 0.05) is 15.7 Å². The molecule has 32 heavy (non-hydrogen) atoms. The predicted octanol–water partition coefficient (Wildman–Crippen LogP) is 6.52. The molecule has 3 aromatic carbocycles. The second-order valence-electron chi connectivity index (χ2n) is 7.86. The van der Waals surface area contributed by atoms with Crippen LogP contribution in [0.4, 0.5) is 10.1 Å². The van der Waals surface area contributed by atoms with Gasteiger partial charge in [0.2, 0.25) is 5.82 Å². The van der Waals surface area contributed by atoms with Crippen molar-refractivity contribution in [3.8, 4) is 17.1 Å². The van der Waals surface area contributed by atoms with Crippen molar-refractivity contribution in [1.82, 2.24) is 14.8 Å². The number of amides is 1. The molecule has 1 aromatic heterocycles. The zero-order valence-electron chi connectivity index (χ0n) is 17.9. The Bertz CT molecular complexity index is 1280. The normalized spacial score (nSPS) is 11.1. The fourth-order valence-corrected chi connectivity index (χ4v) is 3.82. The molecular formula is C25H22BrFN4O. The van der Waals surface area contributed by atoms with Gasteiger partial charge in [-0.3, -0.25) is 4.79 Å². The van der Waals surface area contributed by atoms with Crippen molar-refractivity contribution in [3.63, 3.8) is 0 Å². The number of carbonyl (C=O) groups excluding carboxylic acids is 1. The van der Waals surface area contributed by atoms with Crippen molar-refractivity contribution in [2.75, 3.05) is 5.32 Å². The number of aromatic nitrogens is 3. The lowest BCUT2D eigenvalue weighted by molar-refractivity contribution is 0.101. The van der Waals surface area contributed by atoms with Gasteiger partial charge in [-0.05, 0) is 66.9 Å². The molecule has 0 saturated carbocycles. The molecular weight excluding hydrogens is 471 g/mol. The first kappa shape index (κ1) is 21.9. The summed E-state index contributed by atoms with van der Waals surface area (Å²) in [6.45, 7) is 6.11. The minimum absolute atomic E-state index is 0.0310. The second kappa shape index (κ2) is 9.04. The topological polar surface area (TPSA) is 59.8 Å². The van der Waals surface area contributed by atoms with Crippen molar-refractivity contribution in [2.24, 2.45) is 0 Å². The van der Waals surface area contributed by atoms with E-state index in [-0.39, 0.29) is 17.6 Å². The summed E-state index contributed by atoms with van der Waals surface area (Å²) in [5.74, 6) is -0.00596. The van der Waals surface area contributed by atoms with Crippen LogP contribution >= 0.6 is 15.9 Å². The van der Waals surface area contributed by atoms with E-state index < -0.39 is 5.91 Å². The molecule has 0 spiro atoms. The van der Waals surface area contributed by atoms with Gasteiger partial charge in [0.1, 0.15) is 5.82 Å². The smallest absolute Gasteiger partial charge is 0.295 e. The Morgan fingerprint density at radius 3 is 2.50 bits per heavy atom. The van der Waals surface area contributed by atoms with Gasteiger partial charge < -0.3 is 5.32 Å². The number of carbonyl (C=O) groups is 1. The third-order valence-corrected chi connectivity index (χ3v) is 5.53. The Hall–Kier alpha value is -3.32. The molecule has 1 heterocycles. The molecule has 0 saturated heterocycles. The van der Waals surface area contributed by atoms with Crippen LogP contribution in [0, 0.1) is 12.7 Å². The van der Waals surface area contributed by atoms with Gasteiger partial charge in [-0.25, -0.2) is 14.1 Å². The number of nitrogens with zero attached hydrogens (tertiary/aromatic N) is 3. The number of halogens is 2. The molecule has 0 aliphatic rings. The first-order chi connectivity index (χ1) is 15.3. The maximum absolute atomic E-state index is 13.5. The van der Waals surface area contributed by atoms with E-state index in [1.807, 2.05) is 49.4 Å². The number of anilines is 1. The van der Waals surface area contributed by atoms with E-state index in [0.29, 0.717) is 17.2 Å². The van der Waals surface area contributed by atoms with Crippen molar-refractivity contribution < 1.29 is 9.18 Å². The summed E-state index contributed by atoms with van der Waals surface area (Å²) in [6, 6.07) is 19.4. The van der Waals surface area contributed by atoms with Crippen molar-refractivity contribution in [3.05, 3.63) is 94.0 Å². The molecule has 162 valence electrons. The number of rotatable bonds is 5. The average Bonchev–Trinajstić information content (AvgIpc) is 3.21. The molecule has 7 heteroatoms. The SMILES string of the molecule is Cc1cccc(-c2nc(C(=O)Nc3ccc(Br)cc3C(C)C)nn2-c2ccc(F)cc2)c1. The molecule has 0 atom stereocenters. The van der Waals surface area contributed by atoms with E-state index >= 15 is 0 Å². The van der Waals surface area contributed by atoms with Crippen LogP contribution in [0.15, 0.2) is 71.2 Å². The zero-order chi connectivity index (χ0) is 22.8. The van der Waals surface area contributed by atoms with Crippen LogP contribution in [-0.2, 0) is 0 Å². The van der Waals surface area contributed by atoms with Crippen LogP contribution < -0.4 is 5.32 Å². The summed E-state index contributed by atoms with van der Waals surface area (Å²) in [5, 5.41) is 7.41. The van der Waals surface area contributed by atoms with Crippen molar-refractivity contribution in [1.29, 1.82) is 0 Å². The van der Waals surface area contributed by atoms with E-state index in [2.05, 4.69) is 45.2 Å². The lowest BCUT2D eigenvalue weighted by atomic mass is 10.0. The summed E-state index contributed by atoms with van der Waals surface area (Å²) in [5.41, 5.74) is 4.19. The quantitative estimate of drug-likeness (QED) is 0.344. The minimum Gasteiger partial charge on any atom is -0.319 e. The average molecular weight is 493 g/mol. The van der Waals surface area contributed by atoms with Crippen LogP contribution in [0.5, 0.6) is 0 Å². The molecule has 0 unspecified atom stereocenters. The van der Waals surface area contributed by atoms with Crippen molar-refractivity contribution in [2.45, 2.75) is 26.7 Å². The molecule has 0 aliphatic carbocycles. The van der Waals surface area contributed by atoms with Crippen molar-refractivity contribution >= 4 is 27.5 Å². The Morgan fingerprint density at radius 2 is 1.81 bits per heavy atom. The van der Waals surface area contributed by atoms with Crippen LogP contribution in [0.25, 0.3) is 17.1 Å². The largest absolute Gasteiger partial charge is 0.319 e. The maximum atomic E-state index is 13.5. The molecule has 0 radical (unpaired) electrons. The molecule has 4 aromatic rings. The highest BCUT2D eigenvalue weighted by atomic mass is 79.9. The van der Waals surface area contributed by atoms with Crippen LogP contribution in [0.2, 0.25) is 0 Å². The summed E-state index contributed by atoms with van der Waals surface area (Å²) >= 11 is 3.48. The van der Waals surface area contributed by atoms with Gasteiger partial charge >= 0.3 is 0 Å². The third-order valence-electron chi connectivity index (χ3n) is 5.04. The van der Waals surface area contributed by atoms with Crippen LogP contribution in [-0.4, -0.2) is 20.7 Å². The molecule has 0 bridgehead atoms. The Morgan fingerprint density at radius 1 is 1.06 bits per heavy atom. The van der Waals surface area contributed by atoms with E-state index in [0.717, 1.165) is 21.2 Å². The highest BCUT2D eigenvalue weighted by Gasteiger charge is 2.20. The summed E-state index contributed by atoms with van der Waals surface area (Å²) < 4.78 is 16.0. The highest BCUT2D eigenvalue weighted by molar-refractivity contribution is 9.10. The monoisotopic (exact) mass is 492 g/mol. The summed E-state index contributed by atoms with van der Waals surface area (Å²) in [4.78, 5) is 17.6. The van der Waals surface area contributed by atoms with Gasteiger partial charge in [-0.2, -0.15) is 0 Å². The fourth-order valence-electron chi connectivity index (χ4n) is 3.44. The molecule has 4 rings (SSSR count). The van der Waals surface area contributed by atoms with E-state index in [1.165, 1.54) is 12.1 Å². The molecule has 1 N–H and O–H groups in total. The Balaban J connectivity index is 1.76. The maximum Gasteiger partial charge on any atom is 0.295 e. The predicted molar refractivity (Wildman–Crippen MR) is 128 cm³/mol. The first-order valence-corrected chi connectivity index (χ1v) is 11.0. The van der Waals surface area contributed by atoms with E-state index in [9.17, 15) is 9.18 Å². The number of benzene rings is 3. The first-order valence-electron chi connectivity index (χ1n) is 10.2. The lowest BCUT2D eigenvalue weighted by Crippen LogP contribution is -2.16. The van der Waals surface area contributed by atoms with E-state index in [1.54, 1.807) is 16.8 Å². The van der Waals surface area contributed by atoms with Gasteiger partial charge in [0.05, 0.1) is 5.69 Å². The molecule has 1 amide bonds. The molecule has 0 aliphatic heterocycles. The van der Waals surface area contributed by atoms with Gasteiger partial charge in [-0.15, -0.1) is 5.10 Å². The molecule has 0 fully saturated rings. The van der Waals surface area contributed by atoms with E-state index in [4.69, 9.17) is 0 Å². The third kappa shape index (κ3) is 4.62. The van der Waals surface area contributed by atoms with Gasteiger partial charge in [0.15, 0.2) is 5.82 Å². The lowest BCUT2D eigenvalue weighted by Gasteiger charge is -2.13. The Kier molecular flexibility index (Phi) is 6.19. The number of aryl methyl sites for hydroxylation is 1. The number of nitrogens with one attached hydrogen (secondary N) is 1. The highest BCUT2D eigenvalue weighted by Crippen LogP contribution is 2.28.